The van der Waals surface area contributed by atoms with Gasteiger partial charge in [0.25, 0.3) is 5.91 Å². The molecule has 0 aliphatic rings. The average Bonchev–Trinajstić information content (AvgIpc) is 2.81. The van der Waals surface area contributed by atoms with Gasteiger partial charge in [-0.25, -0.2) is 5.43 Å². The Labute approximate surface area is 209 Å². The largest absolute Gasteiger partial charge is 0.490 e. The number of halogens is 2. The van der Waals surface area contributed by atoms with E-state index >= 15 is 0 Å². The van der Waals surface area contributed by atoms with Crippen LogP contribution in [0.4, 0.5) is 0 Å². The fourth-order valence-electron chi connectivity index (χ4n) is 3.05. The lowest BCUT2D eigenvalue weighted by atomic mass is 10.2. The number of aryl methyl sites for hydroxylation is 1. The summed E-state index contributed by atoms with van der Waals surface area (Å²) in [6, 6.07) is 16.3. The third-order valence-corrected chi connectivity index (χ3v) is 5.27. The first-order valence-corrected chi connectivity index (χ1v) is 11.6. The number of carbonyl (C=O) groups is 1. The molecule has 178 valence electrons. The summed E-state index contributed by atoms with van der Waals surface area (Å²) >= 11 is 12.7. The molecule has 0 aliphatic heterocycles. The minimum absolute atomic E-state index is 0.342. The van der Waals surface area contributed by atoms with Crippen LogP contribution < -0.4 is 19.6 Å². The van der Waals surface area contributed by atoms with E-state index in [1.54, 1.807) is 30.3 Å². The van der Waals surface area contributed by atoms with Crippen LogP contribution in [0.25, 0.3) is 0 Å². The number of nitrogens with zero attached hydrogens (tertiary/aromatic N) is 1. The summed E-state index contributed by atoms with van der Waals surface area (Å²) in [7, 11) is 0. The zero-order valence-electron chi connectivity index (χ0n) is 19.2. The van der Waals surface area contributed by atoms with Crippen molar-refractivity contribution in [2.75, 3.05) is 13.2 Å². The topological polar surface area (TPSA) is 69.2 Å². The van der Waals surface area contributed by atoms with Crippen LogP contribution >= 0.6 is 23.2 Å². The number of amides is 1. The van der Waals surface area contributed by atoms with Gasteiger partial charge in [0.15, 0.2) is 17.2 Å². The molecule has 3 rings (SSSR count). The monoisotopic (exact) mass is 500 g/mol. The fraction of sp³-hybridized carbons (Fsp3) is 0.231. The van der Waals surface area contributed by atoms with Gasteiger partial charge in [-0.2, -0.15) is 5.10 Å². The Morgan fingerprint density at radius 2 is 1.56 bits per heavy atom. The van der Waals surface area contributed by atoms with Crippen molar-refractivity contribution in [1.82, 2.24) is 5.43 Å². The number of ether oxygens (including phenoxy) is 3. The molecule has 34 heavy (non-hydrogen) atoms. The molecule has 0 bridgehead atoms. The van der Waals surface area contributed by atoms with E-state index in [4.69, 9.17) is 37.4 Å². The Morgan fingerprint density at radius 3 is 2.21 bits per heavy atom. The van der Waals surface area contributed by atoms with Crippen LogP contribution in [-0.2, 0) is 6.61 Å². The molecule has 1 N–H and O–H groups in total. The van der Waals surface area contributed by atoms with E-state index in [1.165, 1.54) is 11.8 Å². The van der Waals surface area contributed by atoms with Crippen LogP contribution in [0.15, 0.2) is 59.7 Å². The van der Waals surface area contributed by atoms with Gasteiger partial charge in [0, 0.05) is 5.56 Å². The van der Waals surface area contributed by atoms with Crippen LogP contribution in [0, 0.1) is 6.92 Å². The highest BCUT2D eigenvalue weighted by atomic mass is 35.5. The number of benzene rings is 3. The second kappa shape index (κ2) is 12.3. The van der Waals surface area contributed by atoms with Crippen molar-refractivity contribution in [3.8, 4) is 17.2 Å². The minimum atomic E-state index is -0.393. The SMILES string of the molecule is CCOc1ccc(C(=O)N/N=C/c2cc(Cl)c(OCc3ccc(C)cc3)c(Cl)c2)cc1OCC. The predicted octanol–water partition coefficient (Wildman–Crippen LogP) is 6.44. The standard InChI is InChI=1S/C26H26Cl2N2O4/c1-4-32-23-11-10-20(14-24(23)33-5-2)26(31)30-29-15-19-12-21(27)25(22(28)13-19)34-16-18-8-6-17(3)7-9-18/h6-15H,4-5,16H2,1-3H3,(H,30,31)/b29-15+. The van der Waals surface area contributed by atoms with Crippen molar-refractivity contribution in [3.05, 3.63) is 86.9 Å². The molecule has 0 radical (unpaired) electrons. The van der Waals surface area contributed by atoms with Crippen LogP contribution in [0.5, 0.6) is 17.2 Å². The minimum Gasteiger partial charge on any atom is -0.490 e. The number of hydrogen-bond donors (Lipinski definition) is 1. The smallest absolute Gasteiger partial charge is 0.271 e. The quantitative estimate of drug-likeness (QED) is 0.256. The van der Waals surface area contributed by atoms with Gasteiger partial charge < -0.3 is 14.2 Å². The van der Waals surface area contributed by atoms with E-state index in [0.29, 0.717) is 58.2 Å². The van der Waals surface area contributed by atoms with E-state index < -0.39 is 5.91 Å². The predicted molar refractivity (Wildman–Crippen MR) is 136 cm³/mol. The highest BCUT2D eigenvalue weighted by Gasteiger charge is 2.12. The molecule has 0 fully saturated rings. The van der Waals surface area contributed by atoms with Gasteiger partial charge in [0.05, 0.1) is 29.5 Å². The molecule has 0 aliphatic carbocycles. The molecule has 0 saturated heterocycles. The summed E-state index contributed by atoms with van der Waals surface area (Å²) in [5.74, 6) is 1.08. The molecule has 0 aromatic heterocycles. The van der Waals surface area contributed by atoms with Crippen LogP contribution in [0.2, 0.25) is 10.0 Å². The maximum absolute atomic E-state index is 12.5. The third kappa shape index (κ3) is 6.89. The Bertz CT molecular complexity index is 1140. The lowest BCUT2D eigenvalue weighted by molar-refractivity contribution is 0.0954. The van der Waals surface area contributed by atoms with Crippen molar-refractivity contribution in [2.45, 2.75) is 27.4 Å². The zero-order valence-corrected chi connectivity index (χ0v) is 20.7. The molecule has 8 heteroatoms. The van der Waals surface area contributed by atoms with E-state index in [-0.39, 0.29) is 0 Å². The number of hydrogen-bond acceptors (Lipinski definition) is 5. The van der Waals surface area contributed by atoms with Crippen LogP contribution in [-0.4, -0.2) is 25.3 Å². The normalized spacial score (nSPS) is 10.9. The lowest BCUT2D eigenvalue weighted by Crippen LogP contribution is -2.17. The van der Waals surface area contributed by atoms with Gasteiger partial charge in [-0.3, -0.25) is 4.79 Å². The van der Waals surface area contributed by atoms with E-state index in [2.05, 4.69) is 10.5 Å². The van der Waals surface area contributed by atoms with Gasteiger partial charge in [-0.15, -0.1) is 0 Å². The molecule has 0 unspecified atom stereocenters. The number of nitrogens with one attached hydrogen (secondary N) is 1. The Hall–Kier alpha value is -3.22. The number of hydrazone groups is 1. The second-order valence-corrected chi connectivity index (χ2v) is 8.13. The maximum Gasteiger partial charge on any atom is 0.271 e. The van der Waals surface area contributed by atoms with Gasteiger partial charge >= 0.3 is 0 Å². The molecular weight excluding hydrogens is 475 g/mol. The van der Waals surface area contributed by atoms with Gasteiger partial charge in [-0.1, -0.05) is 53.0 Å². The zero-order chi connectivity index (χ0) is 24.5. The lowest BCUT2D eigenvalue weighted by Gasteiger charge is -2.12. The molecule has 0 atom stereocenters. The molecule has 3 aromatic rings. The molecule has 6 nitrogen and oxygen atoms in total. The van der Waals surface area contributed by atoms with Crippen molar-refractivity contribution in [1.29, 1.82) is 0 Å². The van der Waals surface area contributed by atoms with Crippen LogP contribution in [0.1, 0.15) is 40.9 Å². The summed E-state index contributed by atoms with van der Waals surface area (Å²) in [5.41, 5.74) is 5.67. The van der Waals surface area contributed by atoms with E-state index in [1.807, 2.05) is 45.0 Å². The molecule has 0 spiro atoms. The molecule has 0 saturated carbocycles. The summed E-state index contributed by atoms with van der Waals surface area (Å²) in [5, 5.41) is 4.71. The summed E-state index contributed by atoms with van der Waals surface area (Å²) < 4.78 is 16.9. The number of rotatable bonds is 10. The molecule has 1 amide bonds. The Morgan fingerprint density at radius 1 is 0.912 bits per heavy atom. The highest BCUT2D eigenvalue weighted by Crippen LogP contribution is 2.34. The highest BCUT2D eigenvalue weighted by molar-refractivity contribution is 6.37. The summed E-state index contributed by atoms with van der Waals surface area (Å²) in [6.07, 6.45) is 1.46. The van der Waals surface area contributed by atoms with Crippen LogP contribution in [0.3, 0.4) is 0 Å². The van der Waals surface area contributed by atoms with Crippen molar-refractivity contribution in [2.24, 2.45) is 5.10 Å². The Kier molecular flexibility index (Phi) is 9.19. The molecule has 0 heterocycles. The van der Waals surface area contributed by atoms with Gasteiger partial charge in [0.1, 0.15) is 6.61 Å². The van der Waals surface area contributed by atoms with Gasteiger partial charge in [-0.05, 0) is 62.2 Å². The summed E-state index contributed by atoms with van der Waals surface area (Å²) in [4.78, 5) is 12.5. The molecular formula is C26H26Cl2N2O4. The first-order chi connectivity index (χ1) is 16.4. The third-order valence-electron chi connectivity index (χ3n) is 4.71. The van der Waals surface area contributed by atoms with E-state index in [9.17, 15) is 4.79 Å². The maximum atomic E-state index is 12.5. The van der Waals surface area contributed by atoms with Crippen molar-refractivity contribution in [3.63, 3.8) is 0 Å². The second-order valence-electron chi connectivity index (χ2n) is 7.31. The summed E-state index contributed by atoms with van der Waals surface area (Å²) in [6.45, 7) is 7.06. The number of carbonyl (C=O) groups excluding carboxylic acids is 1. The van der Waals surface area contributed by atoms with Gasteiger partial charge in [0.2, 0.25) is 0 Å². The first-order valence-electron chi connectivity index (χ1n) is 10.8. The van der Waals surface area contributed by atoms with E-state index in [0.717, 1.165) is 5.56 Å². The molecule has 3 aromatic carbocycles. The average molecular weight is 501 g/mol. The Balaban J connectivity index is 1.64. The van der Waals surface area contributed by atoms with Crippen molar-refractivity contribution < 1.29 is 19.0 Å². The fourth-order valence-corrected chi connectivity index (χ4v) is 3.67. The van der Waals surface area contributed by atoms with Crippen molar-refractivity contribution >= 4 is 35.3 Å². The first kappa shape index (κ1) is 25.4.